The van der Waals surface area contributed by atoms with Gasteiger partial charge >= 0.3 is 23.7 Å². The van der Waals surface area contributed by atoms with Crippen LogP contribution in [-0.2, 0) is 4.74 Å². The molecule has 0 unspecified atom stereocenters. The van der Waals surface area contributed by atoms with E-state index >= 15 is 0 Å². The summed E-state index contributed by atoms with van der Waals surface area (Å²) in [6, 6.07) is 0. The Kier molecular flexibility index (Phi) is 7.06. The molecule has 0 heterocycles. The van der Waals surface area contributed by atoms with Crippen molar-refractivity contribution in [1.29, 1.82) is 0 Å². The van der Waals surface area contributed by atoms with Crippen molar-refractivity contribution >= 4 is 0 Å². The molecule has 0 bridgehead atoms. The molecular weight excluding hydrogens is 364 g/mol. The first-order valence-electron chi connectivity index (χ1n) is 5.69. The first kappa shape index (κ1) is 22.1. The van der Waals surface area contributed by atoms with Gasteiger partial charge in [0.05, 0.1) is 12.8 Å². The molecule has 0 aliphatic rings. The van der Waals surface area contributed by atoms with Crippen LogP contribution in [0.5, 0.6) is 0 Å². The van der Waals surface area contributed by atoms with Gasteiger partial charge in [0.25, 0.3) is 0 Å². The van der Waals surface area contributed by atoms with E-state index in [9.17, 15) is 52.7 Å². The van der Waals surface area contributed by atoms with E-state index in [1.807, 2.05) is 0 Å². The van der Waals surface area contributed by atoms with Crippen LogP contribution in [-0.4, -0.2) is 49.8 Å². The summed E-state index contributed by atoms with van der Waals surface area (Å²) in [7, 11) is 0. The summed E-state index contributed by atoms with van der Waals surface area (Å²) in [5, 5.41) is 0. The van der Waals surface area contributed by atoms with Crippen LogP contribution >= 0.6 is 0 Å². The van der Waals surface area contributed by atoms with Crippen molar-refractivity contribution in [3.63, 3.8) is 0 Å². The third-order valence-electron chi connectivity index (χ3n) is 2.46. The maximum absolute atomic E-state index is 12.9. The largest absolute Gasteiger partial charge is 0.368 e. The summed E-state index contributed by atoms with van der Waals surface area (Å²) in [4.78, 5) is 0. The summed E-state index contributed by atoms with van der Waals surface area (Å²) in [5.41, 5.74) is 0. The van der Waals surface area contributed by atoms with E-state index in [1.165, 1.54) is 0 Å². The Balaban J connectivity index is 4.74. The van der Waals surface area contributed by atoms with Gasteiger partial charge in [0, 0.05) is 0 Å². The molecule has 0 N–H and O–H groups in total. The van der Waals surface area contributed by atoms with Crippen LogP contribution in [0.3, 0.4) is 0 Å². The molecule has 23 heavy (non-hydrogen) atoms. The predicted molar refractivity (Wildman–Crippen MR) is 51.8 cm³/mol. The van der Waals surface area contributed by atoms with Gasteiger partial charge in [-0.1, -0.05) is 0 Å². The van der Waals surface area contributed by atoms with Crippen LogP contribution in [0.2, 0.25) is 0 Å². The number of hydrogen-bond acceptors (Lipinski definition) is 1. The fourth-order valence-electron chi connectivity index (χ4n) is 1.20. The van der Waals surface area contributed by atoms with Crippen LogP contribution in [0, 0.1) is 0 Å². The molecule has 0 fully saturated rings. The zero-order chi connectivity index (χ0) is 18.7. The Morgan fingerprint density at radius 1 is 0.522 bits per heavy atom. The Morgan fingerprint density at radius 2 is 0.783 bits per heavy atom. The van der Waals surface area contributed by atoms with Gasteiger partial charge in [-0.3, -0.25) is 0 Å². The number of halogens is 12. The smallest absolute Gasteiger partial charge is 0.333 e. The lowest BCUT2D eigenvalue weighted by atomic mass is 10.1. The normalized spacial score (nSPS) is 14.9. The summed E-state index contributed by atoms with van der Waals surface area (Å²) in [6.45, 7) is -5.15. The number of alkyl halides is 12. The van der Waals surface area contributed by atoms with E-state index in [2.05, 4.69) is 4.74 Å². The summed E-state index contributed by atoms with van der Waals surface area (Å²) >= 11 is 0. The van der Waals surface area contributed by atoms with E-state index in [4.69, 9.17) is 0 Å². The van der Waals surface area contributed by atoms with E-state index in [0.717, 1.165) is 0 Å². The fraction of sp³-hybridized carbons (Fsp3) is 1.00. The van der Waals surface area contributed by atoms with Gasteiger partial charge in [-0.05, 0) is 0 Å². The lowest BCUT2D eigenvalue weighted by molar-refractivity contribution is -0.273. The van der Waals surface area contributed by atoms with Crippen molar-refractivity contribution in [2.45, 2.75) is 49.4 Å². The van der Waals surface area contributed by atoms with Crippen LogP contribution in [0.25, 0.3) is 0 Å². The molecule has 0 aromatic rings. The maximum atomic E-state index is 12.9. The molecule has 0 aliphatic carbocycles. The van der Waals surface area contributed by atoms with Crippen LogP contribution in [0.1, 0.15) is 12.8 Å². The van der Waals surface area contributed by atoms with Crippen LogP contribution in [0.4, 0.5) is 52.7 Å². The standard InChI is InChI=1S/C10H10F12O/c11-5(12)1-7(15,16)9(19,20)3-23-4-10(21,22)8(17,18)2-6(13)14/h5-6H,1-4H2. The Labute approximate surface area is 121 Å². The second-order valence-corrected chi connectivity index (χ2v) is 4.50. The molecule has 0 saturated heterocycles. The van der Waals surface area contributed by atoms with Gasteiger partial charge in [-0.2, -0.15) is 35.1 Å². The highest BCUT2D eigenvalue weighted by Crippen LogP contribution is 2.41. The molecule has 0 amide bonds. The molecule has 13 heteroatoms. The zero-order valence-electron chi connectivity index (χ0n) is 10.9. The average molecular weight is 374 g/mol. The Morgan fingerprint density at radius 3 is 1.00 bits per heavy atom. The molecule has 0 spiro atoms. The number of ether oxygens (including phenoxy) is 1. The molecule has 140 valence electrons. The Bertz CT molecular complexity index is 333. The minimum absolute atomic E-state index is 2.58. The lowest BCUT2D eigenvalue weighted by Crippen LogP contribution is -2.49. The molecule has 0 aliphatic heterocycles. The van der Waals surface area contributed by atoms with Gasteiger partial charge in [0.1, 0.15) is 13.2 Å². The zero-order valence-corrected chi connectivity index (χ0v) is 10.9. The topological polar surface area (TPSA) is 9.23 Å². The SMILES string of the molecule is FC(F)CC(F)(F)C(F)(F)COCC(F)(F)C(F)(F)CC(F)F. The fourth-order valence-corrected chi connectivity index (χ4v) is 1.20. The molecule has 0 saturated carbocycles. The van der Waals surface area contributed by atoms with E-state index in [-0.39, 0.29) is 0 Å². The van der Waals surface area contributed by atoms with Crippen LogP contribution in [0.15, 0.2) is 0 Å². The average Bonchev–Trinajstić information content (AvgIpc) is 2.23. The molecule has 0 aromatic carbocycles. The summed E-state index contributed by atoms with van der Waals surface area (Å²) < 4.78 is 153. The first-order chi connectivity index (χ1) is 10.0. The lowest BCUT2D eigenvalue weighted by Gasteiger charge is -2.29. The molecule has 0 radical (unpaired) electrons. The van der Waals surface area contributed by atoms with Gasteiger partial charge in [-0.25, -0.2) is 17.6 Å². The quantitative estimate of drug-likeness (QED) is 0.497. The Hall–Kier alpha value is -0.880. The van der Waals surface area contributed by atoms with E-state index < -0.39 is 62.6 Å². The molecule has 0 atom stereocenters. The second-order valence-electron chi connectivity index (χ2n) is 4.50. The number of hydrogen-bond donors (Lipinski definition) is 0. The van der Waals surface area contributed by atoms with Crippen LogP contribution < -0.4 is 0 Å². The number of rotatable bonds is 10. The monoisotopic (exact) mass is 374 g/mol. The van der Waals surface area contributed by atoms with Gasteiger partial charge in [0.2, 0.25) is 12.9 Å². The van der Waals surface area contributed by atoms with E-state index in [1.54, 1.807) is 0 Å². The second kappa shape index (κ2) is 7.34. The first-order valence-corrected chi connectivity index (χ1v) is 5.69. The predicted octanol–water partition coefficient (Wildman–Crippen LogP) is 4.85. The third-order valence-corrected chi connectivity index (χ3v) is 2.46. The van der Waals surface area contributed by atoms with Crippen molar-refractivity contribution in [2.75, 3.05) is 13.2 Å². The highest BCUT2D eigenvalue weighted by Gasteiger charge is 2.60. The van der Waals surface area contributed by atoms with Gasteiger partial charge in [0.15, 0.2) is 0 Å². The van der Waals surface area contributed by atoms with Crippen molar-refractivity contribution in [1.82, 2.24) is 0 Å². The molecule has 0 aromatic heterocycles. The third kappa shape index (κ3) is 6.26. The van der Waals surface area contributed by atoms with E-state index in [0.29, 0.717) is 0 Å². The highest BCUT2D eigenvalue weighted by atomic mass is 19.3. The minimum Gasteiger partial charge on any atom is -0.368 e. The van der Waals surface area contributed by atoms with Crippen molar-refractivity contribution < 1.29 is 57.4 Å². The van der Waals surface area contributed by atoms with Crippen molar-refractivity contribution in [2.24, 2.45) is 0 Å². The minimum atomic E-state index is -5.35. The molecule has 0 rings (SSSR count). The van der Waals surface area contributed by atoms with Gasteiger partial charge < -0.3 is 4.74 Å². The van der Waals surface area contributed by atoms with Crippen molar-refractivity contribution in [3.8, 4) is 0 Å². The van der Waals surface area contributed by atoms with Crippen molar-refractivity contribution in [3.05, 3.63) is 0 Å². The highest BCUT2D eigenvalue weighted by molar-refractivity contribution is 4.88. The molecule has 1 nitrogen and oxygen atoms in total. The summed E-state index contributed by atoms with van der Waals surface area (Å²) in [6.07, 6.45) is -12.9. The van der Waals surface area contributed by atoms with Gasteiger partial charge in [-0.15, -0.1) is 0 Å². The summed E-state index contributed by atoms with van der Waals surface area (Å²) in [5.74, 6) is -21.4. The maximum Gasteiger partial charge on any atom is 0.333 e. The molecular formula is C10H10F12O.